The number of rotatable bonds is 4. The van der Waals surface area contributed by atoms with E-state index in [1.165, 1.54) is 0 Å². The predicted molar refractivity (Wildman–Crippen MR) is 48.3 cm³/mol. The van der Waals surface area contributed by atoms with Crippen molar-refractivity contribution in [1.29, 1.82) is 0 Å². The summed E-state index contributed by atoms with van der Waals surface area (Å²) in [6.07, 6.45) is 7.65. The van der Waals surface area contributed by atoms with Gasteiger partial charge in [-0.2, -0.15) is 0 Å². The summed E-state index contributed by atoms with van der Waals surface area (Å²) >= 11 is 0. The predicted octanol–water partition coefficient (Wildman–Crippen LogP) is 2.46. The number of hydrogen-bond acceptors (Lipinski definition) is 1. The molecule has 0 rings (SSSR count). The lowest BCUT2D eigenvalue weighted by atomic mass is 9.88. The number of methoxy groups -OCH3 is 1. The Morgan fingerprint density at radius 2 is 2.18 bits per heavy atom. The molecule has 11 heavy (non-hydrogen) atoms. The summed E-state index contributed by atoms with van der Waals surface area (Å²) in [6, 6.07) is 0. The fraction of sp³-hybridized carbons (Fsp3) is 0.800. The van der Waals surface area contributed by atoms with Crippen LogP contribution in [-0.2, 0) is 4.74 Å². The molecule has 1 nitrogen and oxygen atoms in total. The number of ether oxygens (including phenoxy) is 1. The molecule has 0 aliphatic carbocycles. The van der Waals surface area contributed by atoms with Crippen LogP contribution >= 0.6 is 0 Å². The quantitative estimate of drug-likeness (QED) is 0.565. The summed E-state index contributed by atoms with van der Waals surface area (Å²) in [5.41, 5.74) is -0.379. The molecule has 0 amide bonds. The first-order chi connectivity index (χ1) is 5.10. The van der Waals surface area contributed by atoms with Crippen LogP contribution in [0.2, 0.25) is 0 Å². The summed E-state index contributed by atoms with van der Waals surface area (Å²) in [5, 5.41) is 0. The topological polar surface area (TPSA) is 9.23 Å². The second-order valence-electron chi connectivity index (χ2n) is 3.15. The first-order valence-electron chi connectivity index (χ1n) is 4.13. The van der Waals surface area contributed by atoms with Gasteiger partial charge in [0.25, 0.3) is 0 Å². The minimum absolute atomic E-state index is 0.379. The van der Waals surface area contributed by atoms with Gasteiger partial charge in [-0.05, 0) is 19.3 Å². The average molecular weight is 154 g/mol. The Morgan fingerprint density at radius 3 is 2.45 bits per heavy atom. The SMILES string of the molecule is C#CC(C)(OC)C(C)CCC. The molecule has 0 spiro atoms. The van der Waals surface area contributed by atoms with Crippen molar-refractivity contribution in [3.05, 3.63) is 0 Å². The zero-order valence-electron chi connectivity index (χ0n) is 7.98. The molecular formula is C10H18O. The lowest BCUT2D eigenvalue weighted by Gasteiger charge is -2.28. The van der Waals surface area contributed by atoms with E-state index in [2.05, 4.69) is 19.8 Å². The lowest BCUT2D eigenvalue weighted by Crippen LogP contribution is -2.33. The van der Waals surface area contributed by atoms with Crippen molar-refractivity contribution >= 4 is 0 Å². The highest BCUT2D eigenvalue weighted by atomic mass is 16.5. The maximum Gasteiger partial charge on any atom is 0.127 e. The fourth-order valence-electron chi connectivity index (χ4n) is 1.11. The van der Waals surface area contributed by atoms with Crippen LogP contribution in [0.5, 0.6) is 0 Å². The molecule has 0 aliphatic heterocycles. The molecule has 0 aromatic heterocycles. The van der Waals surface area contributed by atoms with E-state index in [0.717, 1.165) is 12.8 Å². The van der Waals surface area contributed by atoms with Crippen LogP contribution < -0.4 is 0 Å². The first-order valence-corrected chi connectivity index (χ1v) is 4.13. The third kappa shape index (κ3) is 2.55. The van der Waals surface area contributed by atoms with E-state index in [-0.39, 0.29) is 5.60 Å². The van der Waals surface area contributed by atoms with Crippen LogP contribution in [0.1, 0.15) is 33.6 Å². The molecular weight excluding hydrogens is 136 g/mol. The van der Waals surface area contributed by atoms with Crippen LogP contribution in [0.15, 0.2) is 0 Å². The molecule has 64 valence electrons. The van der Waals surface area contributed by atoms with Gasteiger partial charge in [0.1, 0.15) is 5.60 Å². The van der Waals surface area contributed by atoms with Gasteiger partial charge in [0.15, 0.2) is 0 Å². The molecule has 0 aromatic carbocycles. The van der Waals surface area contributed by atoms with Gasteiger partial charge in [-0.15, -0.1) is 6.42 Å². The number of terminal acetylenes is 1. The third-order valence-electron chi connectivity index (χ3n) is 2.37. The Hall–Kier alpha value is -0.480. The van der Waals surface area contributed by atoms with Gasteiger partial charge in [-0.25, -0.2) is 0 Å². The summed E-state index contributed by atoms with van der Waals surface area (Å²) in [4.78, 5) is 0. The van der Waals surface area contributed by atoms with Crippen LogP contribution in [0.3, 0.4) is 0 Å². The second kappa shape index (κ2) is 4.41. The van der Waals surface area contributed by atoms with Crippen molar-refractivity contribution in [2.45, 2.75) is 39.2 Å². The monoisotopic (exact) mass is 154 g/mol. The minimum Gasteiger partial charge on any atom is -0.366 e. The summed E-state index contributed by atoms with van der Waals surface area (Å²) in [6.45, 7) is 6.25. The van der Waals surface area contributed by atoms with E-state index in [4.69, 9.17) is 11.2 Å². The highest BCUT2D eigenvalue weighted by molar-refractivity contribution is 5.08. The molecule has 0 saturated heterocycles. The molecule has 0 radical (unpaired) electrons. The van der Waals surface area contributed by atoms with Gasteiger partial charge in [-0.3, -0.25) is 0 Å². The van der Waals surface area contributed by atoms with Gasteiger partial charge in [0.05, 0.1) is 0 Å². The molecule has 0 fully saturated rings. The Bertz CT molecular complexity index is 145. The zero-order chi connectivity index (χ0) is 8.91. The van der Waals surface area contributed by atoms with E-state index in [9.17, 15) is 0 Å². The Labute approximate surface area is 70.1 Å². The van der Waals surface area contributed by atoms with E-state index in [0.29, 0.717) is 5.92 Å². The number of hydrogen-bond donors (Lipinski definition) is 0. The van der Waals surface area contributed by atoms with Crippen molar-refractivity contribution in [1.82, 2.24) is 0 Å². The maximum atomic E-state index is 5.37. The van der Waals surface area contributed by atoms with Crippen molar-refractivity contribution in [3.63, 3.8) is 0 Å². The Kier molecular flexibility index (Phi) is 4.22. The zero-order valence-corrected chi connectivity index (χ0v) is 7.98. The Balaban J connectivity index is 4.15. The minimum atomic E-state index is -0.379. The van der Waals surface area contributed by atoms with Crippen molar-refractivity contribution < 1.29 is 4.74 Å². The molecule has 0 bridgehead atoms. The van der Waals surface area contributed by atoms with Crippen molar-refractivity contribution in [3.8, 4) is 12.3 Å². The highest BCUT2D eigenvalue weighted by Crippen LogP contribution is 2.23. The molecule has 2 unspecified atom stereocenters. The molecule has 0 heterocycles. The van der Waals surface area contributed by atoms with Gasteiger partial charge < -0.3 is 4.74 Å². The smallest absolute Gasteiger partial charge is 0.127 e. The summed E-state index contributed by atoms with van der Waals surface area (Å²) in [7, 11) is 1.67. The molecule has 0 aromatic rings. The first kappa shape index (κ1) is 10.5. The molecule has 0 aliphatic rings. The average Bonchev–Trinajstić information content (AvgIpc) is 2.03. The van der Waals surface area contributed by atoms with Gasteiger partial charge in [0, 0.05) is 7.11 Å². The van der Waals surface area contributed by atoms with Gasteiger partial charge in [0.2, 0.25) is 0 Å². The van der Waals surface area contributed by atoms with E-state index in [1.807, 2.05) is 6.92 Å². The highest BCUT2D eigenvalue weighted by Gasteiger charge is 2.27. The molecule has 2 atom stereocenters. The van der Waals surface area contributed by atoms with Crippen LogP contribution in [-0.4, -0.2) is 12.7 Å². The van der Waals surface area contributed by atoms with Gasteiger partial charge >= 0.3 is 0 Å². The normalized spacial score (nSPS) is 18.5. The fourth-order valence-corrected chi connectivity index (χ4v) is 1.11. The van der Waals surface area contributed by atoms with E-state index in [1.54, 1.807) is 7.11 Å². The van der Waals surface area contributed by atoms with Crippen LogP contribution in [0.25, 0.3) is 0 Å². The summed E-state index contributed by atoms with van der Waals surface area (Å²) < 4.78 is 5.27. The molecule has 0 saturated carbocycles. The standard InChI is InChI=1S/C10H18O/c1-6-8-9(3)10(4,7-2)11-5/h2,9H,6,8H2,1,3-5H3. The molecule has 1 heteroatoms. The maximum absolute atomic E-state index is 5.37. The third-order valence-corrected chi connectivity index (χ3v) is 2.37. The largest absolute Gasteiger partial charge is 0.366 e. The second-order valence-corrected chi connectivity index (χ2v) is 3.15. The van der Waals surface area contributed by atoms with Crippen molar-refractivity contribution in [2.24, 2.45) is 5.92 Å². The van der Waals surface area contributed by atoms with E-state index >= 15 is 0 Å². The van der Waals surface area contributed by atoms with Gasteiger partial charge in [-0.1, -0.05) is 26.2 Å². The summed E-state index contributed by atoms with van der Waals surface area (Å²) in [5.74, 6) is 3.12. The lowest BCUT2D eigenvalue weighted by molar-refractivity contribution is 0.00933. The van der Waals surface area contributed by atoms with E-state index < -0.39 is 0 Å². The van der Waals surface area contributed by atoms with Crippen LogP contribution in [0.4, 0.5) is 0 Å². The Morgan fingerprint density at radius 1 is 1.64 bits per heavy atom. The van der Waals surface area contributed by atoms with Crippen molar-refractivity contribution in [2.75, 3.05) is 7.11 Å². The molecule has 0 N–H and O–H groups in total. The van der Waals surface area contributed by atoms with Crippen LogP contribution in [0, 0.1) is 18.3 Å².